The molecule has 0 unspecified atom stereocenters. The number of rotatable bonds is 5. The summed E-state index contributed by atoms with van der Waals surface area (Å²) < 4.78 is 10.4. The number of esters is 2. The fourth-order valence-corrected chi connectivity index (χ4v) is 2.60. The van der Waals surface area contributed by atoms with Gasteiger partial charge in [0.2, 0.25) is 0 Å². The molecule has 3 aromatic rings. The normalized spacial score (nSPS) is 10.3. The Labute approximate surface area is 158 Å². The zero-order valence-corrected chi connectivity index (χ0v) is 15.3. The second-order valence-electron chi connectivity index (χ2n) is 6.26. The molecule has 0 N–H and O–H groups in total. The van der Waals surface area contributed by atoms with Gasteiger partial charge < -0.3 is 9.47 Å². The van der Waals surface area contributed by atoms with Crippen molar-refractivity contribution in [2.24, 2.45) is 0 Å². The first-order valence-corrected chi connectivity index (χ1v) is 8.63. The molecule has 0 saturated heterocycles. The van der Waals surface area contributed by atoms with Crippen LogP contribution in [-0.4, -0.2) is 11.9 Å². The molecule has 27 heavy (non-hydrogen) atoms. The molecule has 0 radical (unpaired) electrons. The van der Waals surface area contributed by atoms with Crippen molar-refractivity contribution < 1.29 is 19.1 Å². The van der Waals surface area contributed by atoms with Crippen LogP contribution in [0.1, 0.15) is 28.4 Å². The second kappa shape index (κ2) is 8.32. The lowest BCUT2D eigenvalue weighted by Crippen LogP contribution is -2.05. The van der Waals surface area contributed by atoms with Crippen molar-refractivity contribution in [1.29, 1.82) is 0 Å². The van der Waals surface area contributed by atoms with E-state index in [4.69, 9.17) is 9.47 Å². The summed E-state index contributed by atoms with van der Waals surface area (Å²) in [6, 6.07) is 22.3. The molecule has 4 nitrogen and oxygen atoms in total. The zero-order valence-electron chi connectivity index (χ0n) is 15.3. The number of carbonyl (C=O) groups is 2. The van der Waals surface area contributed by atoms with Gasteiger partial charge in [-0.15, -0.1) is 0 Å². The molecule has 3 rings (SSSR count). The van der Waals surface area contributed by atoms with Crippen LogP contribution in [0.2, 0.25) is 0 Å². The van der Waals surface area contributed by atoms with E-state index in [2.05, 4.69) is 0 Å². The highest BCUT2D eigenvalue weighted by Gasteiger charge is 2.08. The van der Waals surface area contributed by atoms with Crippen molar-refractivity contribution in [3.05, 3.63) is 89.5 Å². The Morgan fingerprint density at radius 2 is 1.33 bits per heavy atom. The lowest BCUT2D eigenvalue weighted by molar-refractivity contribution is -0.131. The van der Waals surface area contributed by atoms with Crippen LogP contribution in [0, 0.1) is 6.92 Å². The van der Waals surface area contributed by atoms with Gasteiger partial charge in [0, 0.05) is 6.92 Å². The average Bonchev–Trinajstić information content (AvgIpc) is 2.67. The third-order valence-corrected chi connectivity index (χ3v) is 4.06. The number of hydrogen-bond donors (Lipinski definition) is 0. The third-order valence-electron chi connectivity index (χ3n) is 4.06. The SMILES string of the molecule is CC(=O)Oc1ccc(-c2ccc(C(=O)OCc3ccc(C)cc3)cc2)cc1. The number of carbonyl (C=O) groups excluding carboxylic acids is 2. The Balaban J connectivity index is 1.63. The van der Waals surface area contributed by atoms with Crippen LogP contribution in [0.5, 0.6) is 5.75 Å². The van der Waals surface area contributed by atoms with E-state index in [0.29, 0.717) is 11.3 Å². The summed E-state index contributed by atoms with van der Waals surface area (Å²) in [5, 5.41) is 0. The minimum Gasteiger partial charge on any atom is -0.457 e. The standard InChI is InChI=1S/C23H20O4/c1-16-3-5-18(6-4-16)15-26-23(25)21-9-7-19(8-10-21)20-11-13-22(14-12-20)27-17(2)24/h3-14H,15H2,1-2H3. The summed E-state index contributed by atoms with van der Waals surface area (Å²) in [5.41, 5.74) is 4.55. The minimum atomic E-state index is -0.354. The van der Waals surface area contributed by atoms with Crippen LogP contribution in [-0.2, 0) is 16.1 Å². The van der Waals surface area contributed by atoms with Crippen LogP contribution in [0.25, 0.3) is 11.1 Å². The van der Waals surface area contributed by atoms with Crippen LogP contribution >= 0.6 is 0 Å². The number of benzene rings is 3. The number of aryl methyl sites for hydroxylation is 1. The molecule has 0 atom stereocenters. The van der Waals surface area contributed by atoms with Gasteiger partial charge in [0.25, 0.3) is 0 Å². The Hall–Kier alpha value is -3.40. The largest absolute Gasteiger partial charge is 0.457 e. The Morgan fingerprint density at radius 3 is 1.89 bits per heavy atom. The average molecular weight is 360 g/mol. The topological polar surface area (TPSA) is 52.6 Å². The summed E-state index contributed by atoms with van der Waals surface area (Å²) in [4.78, 5) is 23.2. The fraction of sp³-hybridized carbons (Fsp3) is 0.130. The van der Waals surface area contributed by atoms with Gasteiger partial charge in [-0.25, -0.2) is 4.79 Å². The van der Waals surface area contributed by atoms with Gasteiger partial charge in [-0.2, -0.15) is 0 Å². The van der Waals surface area contributed by atoms with E-state index in [1.165, 1.54) is 12.5 Å². The number of hydrogen-bond acceptors (Lipinski definition) is 4. The maximum Gasteiger partial charge on any atom is 0.338 e. The monoisotopic (exact) mass is 360 g/mol. The summed E-state index contributed by atoms with van der Waals surface area (Å²) in [6.07, 6.45) is 0. The van der Waals surface area contributed by atoms with E-state index in [1.807, 2.05) is 55.5 Å². The van der Waals surface area contributed by atoms with Crippen LogP contribution in [0.4, 0.5) is 0 Å². The molecular weight excluding hydrogens is 340 g/mol. The Kier molecular flexibility index (Phi) is 5.67. The van der Waals surface area contributed by atoms with E-state index in [9.17, 15) is 9.59 Å². The molecule has 136 valence electrons. The highest BCUT2D eigenvalue weighted by atomic mass is 16.5. The van der Waals surface area contributed by atoms with Gasteiger partial charge in [-0.3, -0.25) is 4.79 Å². The van der Waals surface area contributed by atoms with E-state index in [-0.39, 0.29) is 18.5 Å². The van der Waals surface area contributed by atoms with Gasteiger partial charge in [0.05, 0.1) is 5.56 Å². The summed E-state index contributed by atoms with van der Waals surface area (Å²) >= 11 is 0. The molecule has 3 aromatic carbocycles. The molecule has 0 saturated carbocycles. The molecule has 0 aromatic heterocycles. The first kappa shape index (κ1) is 18.4. The van der Waals surface area contributed by atoms with E-state index < -0.39 is 0 Å². The maximum atomic E-state index is 12.2. The summed E-state index contributed by atoms with van der Waals surface area (Å²) in [6.45, 7) is 3.63. The highest BCUT2D eigenvalue weighted by Crippen LogP contribution is 2.23. The Morgan fingerprint density at radius 1 is 0.778 bits per heavy atom. The summed E-state index contributed by atoms with van der Waals surface area (Å²) in [5.74, 6) is -0.203. The molecule has 4 heteroatoms. The molecule has 0 amide bonds. The molecule has 0 fully saturated rings. The van der Waals surface area contributed by atoms with Gasteiger partial charge in [-0.05, 0) is 47.9 Å². The molecule has 0 spiro atoms. The van der Waals surface area contributed by atoms with Crippen molar-refractivity contribution in [3.8, 4) is 16.9 Å². The van der Waals surface area contributed by atoms with E-state index in [1.54, 1.807) is 24.3 Å². The van der Waals surface area contributed by atoms with Gasteiger partial charge >= 0.3 is 11.9 Å². The molecule has 0 aliphatic carbocycles. The minimum absolute atomic E-state index is 0.248. The van der Waals surface area contributed by atoms with Crippen LogP contribution in [0.3, 0.4) is 0 Å². The molecule has 0 bridgehead atoms. The Bertz CT molecular complexity index is 924. The van der Waals surface area contributed by atoms with E-state index >= 15 is 0 Å². The zero-order chi connectivity index (χ0) is 19.2. The van der Waals surface area contributed by atoms with Gasteiger partial charge in [0.1, 0.15) is 12.4 Å². The van der Waals surface area contributed by atoms with Crippen LogP contribution in [0.15, 0.2) is 72.8 Å². The molecule has 0 heterocycles. The predicted molar refractivity (Wildman–Crippen MR) is 103 cm³/mol. The molecule has 0 aliphatic heterocycles. The second-order valence-corrected chi connectivity index (χ2v) is 6.26. The predicted octanol–water partition coefficient (Wildman–Crippen LogP) is 4.94. The quantitative estimate of drug-likeness (QED) is 0.477. The maximum absolute atomic E-state index is 12.2. The summed E-state index contributed by atoms with van der Waals surface area (Å²) in [7, 11) is 0. The van der Waals surface area contributed by atoms with Crippen molar-refractivity contribution in [3.63, 3.8) is 0 Å². The van der Waals surface area contributed by atoms with Gasteiger partial charge in [-0.1, -0.05) is 54.1 Å². The third kappa shape index (κ3) is 5.05. The first-order chi connectivity index (χ1) is 13.0. The highest BCUT2D eigenvalue weighted by molar-refractivity contribution is 5.90. The van der Waals surface area contributed by atoms with Crippen LogP contribution < -0.4 is 4.74 Å². The first-order valence-electron chi connectivity index (χ1n) is 8.63. The smallest absolute Gasteiger partial charge is 0.338 e. The molecule has 0 aliphatic rings. The van der Waals surface area contributed by atoms with Crippen molar-refractivity contribution in [2.75, 3.05) is 0 Å². The lowest BCUT2D eigenvalue weighted by Gasteiger charge is -2.07. The van der Waals surface area contributed by atoms with Crippen molar-refractivity contribution in [2.45, 2.75) is 20.5 Å². The fourth-order valence-electron chi connectivity index (χ4n) is 2.60. The van der Waals surface area contributed by atoms with E-state index in [0.717, 1.165) is 16.7 Å². The lowest BCUT2D eigenvalue weighted by atomic mass is 10.0. The van der Waals surface area contributed by atoms with Gasteiger partial charge in [0.15, 0.2) is 0 Å². The van der Waals surface area contributed by atoms with Crippen molar-refractivity contribution in [1.82, 2.24) is 0 Å². The number of ether oxygens (including phenoxy) is 2. The molecular formula is C23H20O4. The van der Waals surface area contributed by atoms with Crippen molar-refractivity contribution >= 4 is 11.9 Å².